The van der Waals surface area contributed by atoms with Crippen molar-refractivity contribution >= 4 is 23.6 Å². The summed E-state index contributed by atoms with van der Waals surface area (Å²) in [4.78, 5) is 26.5. The second kappa shape index (κ2) is 7.67. The average molecular weight is 270 g/mol. The number of hydrogen-bond acceptors (Lipinski definition) is 5. The zero-order chi connectivity index (χ0) is 13.4. The van der Waals surface area contributed by atoms with Crippen molar-refractivity contribution in [3.63, 3.8) is 0 Å². The lowest BCUT2D eigenvalue weighted by Gasteiger charge is -2.04. The molecule has 0 atom stereocenters. The molecule has 1 aromatic rings. The maximum Gasteiger partial charge on any atom is 0.354 e. The summed E-state index contributed by atoms with van der Waals surface area (Å²) in [6.45, 7) is 0.932. The first kappa shape index (κ1) is 14.5. The molecule has 1 aromatic heterocycles. The van der Waals surface area contributed by atoms with Gasteiger partial charge in [0.2, 0.25) is 5.91 Å². The molecule has 1 heterocycles. The highest BCUT2D eigenvalue weighted by Gasteiger charge is 2.07. The van der Waals surface area contributed by atoms with E-state index in [9.17, 15) is 9.59 Å². The number of carbonyl (C=O) groups is 2. The van der Waals surface area contributed by atoms with E-state index in [2.05, 4.69) is 10.3 Å². The lowest BCUT2D eigenvalue weighted by Crippen LogP contribution is -2.28. The summed E-state index contributed by atoms with van der Waals surface area (Å²) in [5.41, 5.74) is -0.0280. The highest BCUT2D eigenvalue weighted by molar-refractivity contribution is 8.00. The Morgan fingerprint density at radius 3 is 3.00 bits per heavy atom. The van der Waals surface area contributed by atoms with Crippen LogP contribution < -0.4 is 5.32 Å². The van der Waals surface area contributed by atoms with E-state index in [4.69, 9.17) is 9.84 Å². The second-order valence-corrected chi connectivity index (χ2v) is 4.36. The summed E-state index contributed by atoms with van der Waals surface area (Å²) in [7, 11) is 1.56. The fourth-order valence-electron chi connectivity index (χ4n) is 1.11. The SMILES string of the molecule is COCCNC(=O)CSc1ccnc(C(=O)O)c1. The molecular weight excluding hydrogens is 256 g/mol. The Labute approximate surface area is 109 Å². The third kappa shape index (κ3) is 5.15. The molecule has 98 valence electrons. The number of thioether (sulfide) groups is 1. The molecule has 0 aliphatic heterocycles. The van der Waals surface area contributed by atoms with Crippen LogP contribution in [0.4, 0.5) is 0 Å². The van der Waals surface area contributed by atoms with Gasteiger partial charge in [0.15, 0.2) is 0 Å². The lowest BCUT2D eigenvalue weighted by molar-refractivity contribution is -0.118. The monoisotopic (exact) mass is 270 g/mol. The number of nitrogens with zero attached hydrogens (tertiary/aromatic N) is 1. The number of rotatable bonds is 7. The molecule has 6 nitrogen and oxygen atoms in total. The fraction of sp³-hybridized carbons (Fsp3) is 0.364. The van der Waals surface area contributed by atoms with Crippen molar-refractivity contribution in [2.75, 3.05) is 26.0 Å². The number of carbonyl (C=O) groups excluding carboxylic acids is 1. The first-order chi connectivity index (χ1) is 8.63. The van der Waals surface area contributed by atoms with Crippen molar-refractivity contribution in [1.29, 1.82) is 0 Å². The molecule has 0 saturated carbocycles. The van der Waals surface area contributed by atoms with Crippen molar-refractivity contribution in [2.24, 2.45) is 0 Å². The minimum absolute atomic E-state index is 0.0280. The van der Waals surface area contributed by atoms with Gasteiger partial charge in [0.1, 0.15) is 5.69 Å². The molecule has 0 radical (unpaired) electrons. The van der Waals surface area contributed by atoms with Crippen LogP contribution in [-0.4, -0.2) is 48.0 Å². The van der Waals surface area contributed by atoms with Gasteiger partial charge in [0, 0.05) is 24.7 Å². The molecule has 1 amide bonds. The van der Waals surface area contributed by atoms with Crippen LogP contribution in [0.25, 0.3) is 0 Å². The molecular formula is C11H14N2O4S. The lowest BCUT2D eigenvalue weighted by atomic mass is 10.3. The molecule has 2 N–H and O–H groups in total. The Kier molecular flexibility index (Phi) is 6.16. The van der Waals surface area contributed by atoms with E-state index in [1.54, 1.807) is 13.2 Å². The maximum absolute atomic E-state index is 11.4. The van der Waals surface area contributed by atoms with Crippen LogP contribution in [0.1, 0.15) is 10.5 Å². The van der Waals surface area contributed by atoms with Gasteiger partial charge in [-0.05, 0) is 12.1 Å². The number of carboxylic acids is 1. The summed E-state index contributed by atoms with van der Waals surface area (Å²) >= 11 is 1.26. The smallest absolute Gasteiger partial charge is 0.354 e. The number of nitrogens with one attached hydrogen (secondary N) is 1. The number of carboxylic acid groups (broad SMARTS) is 1. The van der Waals surface area contributed by atoms with Gasteiger partial charge in [-0.1, -0.05) is 0 Å². The highest BCUT2D eigenvalue weighted by atomic mass is 32.2. The molecule has 1 rings (SSSR count). The van der Waals surface area contributed by atoms with Crippen LogP contribution >= 0.6 is 11.8 Å². The predicted molar refractivity (Wildman–Crippen MR) is 66.8 cm³/mol. The van der Waals surface area contributed by atoms with E-state index < -0.39 is 5.97 Å². The minimum atomic E-state index is -1.08. The summed E-state index contributed by atoms with van der Waals surface area (Å²) in [5, 5.41) is 11.4. The molecule has 0 aromatic carbocycles. The third-order valence-corrected chi connectivity index (χ3v) is 2.94. The first-order valence-corrected chi connectivity index (χ1v) is 6.20. The molecule has 0 aliphatic rings. The van der Waals surface area contributed by atoms with Crippen LogP contribution in [0, 0.1) is 0 Å². The average Bonchev–Trinajstić information content (AvgIpc) is 2.37. The number of pyridine rings is 1. The van der Waals surface area contributed by atoms with Gasteiger partial charge in [-0.3, -0.25) is 4.79 Å². The quantitative estimate of drug-likeness (QED) is 0.558. The van der Waals surface area contributed by atoms with Gasteiger partial charge in [0.05, 0.1) is 12.4 Å². The van der Waals surface area contributed by atoms with Crippen molar-refractivity contribution in [3.8, 4) is 0 Å². The Hall–Kier alpha value is -1.60. The number of methoxy groups -OCH3 is 1. The van der Waals surface area contributed by atoms with E-state index >= 15 is 0 Å². The Bertz CT molecular complexity index is 425. The Morgan fingerprint density at radius 1 is 1.56 bits per heavy atom. The highest BCUT2D eigenvalue weighted by Crippen LogP contribution is 2.17. The van der Waals surface area contributed by atoms with Gasteiger partial charge in [-0.15, -0.1) is 11.8 Å². The topological polar surface area (TPSA) is 88.5 Å². The zero-order valence-corrected chi connectivity index (χ0v) is 10.7. The van der Waals surface area contributed by atoms with Crippen LogP contribution in [0.5, 0.6) is 0 Å². The van der Waals surface area contributed by atoms with Gasteiger partial charge in [0.25, 0.3) is 0 Å². The van der Waals surface area contributed by atoms with Crippen LogP contribution in [0.15, 0.2) is 23.2 Å². The van der Waals surface area contributed by atoms with Crippen molar-refractivity contribution in [2.45, 2.75) is 4.90 Å². The summed E-state index contributed by atoms with van der Waals surface area (Å²) < 4.78 is 4.80. The van der Waals surface area contributed by atoms with Gasteiger partial charge < -0.3 is 15.2 Å². The molecule has 0 saturated heterocycles. The van der Waals surface area contributed by atoms with E-state index in [-0.39, 0.29) is 17.4 Å². The van der Waals surface area contributed by atoms with Crippen LogP contribution in [-0.2, 0) is 9.53 Å². The standard InChI is InChI=1S/C11H14N2O4S/c1-17-5-4-13-10(14)7-18-8-2-3-12-9(6-8)11(15)16/h2-3,6H,4-5,7H2,1H3,(H,13,14)(H,15,16). The number of aromatic nitrogens is 1. The normalized spacial score (nSPS) is 10.1. The van der Waals surface area contributed by atoms with E-state index in [1.165, 1.54) is 24.0 Å². The number of ether oxygens (including phenoxy) is 1. The Balaban J connectivity index is 2.41. The van der Waals surface area contributed by atoms with Crippen LogP contribution in [0.2, 0.25) is 0 Å². The summed E-state index contributed by atoms with van der Waals surface area (Å²) in [6.07, 6.45) is 1.41. The zero-order valence-electron chi connectivity index (χ0n) is 9.88. The first-order valence-electron chi connectivity index (χ1n) is 5.21. The Morgan fingerprint density at radius 2 is 2.33 bits per heavy atom. The molecule has 0 spiro atoms. The van der Waals surface area contributed by atoms with E-state index in [0.29, 0.717) is 18.0 Å². The van der Waals surface area contributed by atoms with Crippen molar-refractivity contribution in [3.05, 3.63) is 24.0 Å². The molecule has 0 aliphatic carbocycles. The summed E-state index contributed by atoms with van der Waals surface area (Å²) in [5.74, 6) is -0.972. The fourth-order valence-corrected chi connectivity index (χ4v) is 1.86. The third-order valence-electron chi connectivity index (χ3n) is 1.95. The van der Waals surface area contributed by atoms with Gasteiger partial charge >= 0.3 is 5.97 Å². The van der Waals surface area contributed by atoms with Gasteiger partial charge in [-0.2, -0.15) is 0 Å². The summed E-state index contributed by atoms with van der Waals surface area (Å²) in [6, 6.07) is 3.11. The molecule has 18 heavy (non-hydrogen) atoms. The van der Waals surface area contributed by atoms with E-state index in [0.717, 1.165) is 0 Å². The molecule has 7 heteroatoms. The van der Waals surface area contributed by atoms with Gasteiger partial charge in [-0.25, -0.2) is 9.78 Å². The van der Waals surface area contributed by atoms with E-state index in [1.807, 2.05) is 0 Å². The van der Waals surface area contributed by atoms with Crippen molar-refractivity contribution in [1.82, 2.24) is 10.3 Å². The predicted octanol–water partition coefficient (Wildman–Crippen LogP) is 0.635. The number of amides is 1. The number of hydrogen-bond donors (Lipinski definition) is 2. The molecule has 0 bridgehead atoms. The van der Waals surface area contributed by atoms with Crippen LogP contribution in [0.3, 0.4) is 0 Å². The molecule has 0 unspecified atom stereocenters. The minimum Gasteiger partial charge on any atom is -0.477 e. The maximum atomic E-state index is 11.4. The van der Waals surface area contributed by atoms with Crippen molar-refractivity contribution < 1.29 is 19.4 Å². The second-order valence-electron chi connectivity index (χ2n) is 3.31. The number of aromatic carboxylic acids is 1. The largest absolute Gasteiger partial charge is 0.477 e. The molecule has 0 fully saturated rings.